The number of piperidine rings is 1. The highest BCUT2D eigenvalue weighted by molar-refractivity contribution is 7.89. The van der Waals surface area contributed by atoms with Crippen LogP contribution in [-0.2, 0) is 23.5 Å². The van der Waals surface area contributed by atoms with Crippen molar-refractivity contribution in [1.82, 2.24) is 8.87 Å². The van der Waals surface area contributed by atoms with Gasteiger partial charge in [0.1, 0.15) is 0 Å². The lowest BCUT2D eigenvalue weighted by molar-refractivity contribution is 0.0998. The fourth-order valence-electron chi connectivity index (χ4n) is 4.38. The lowest BCUT2D eigenvalue weighted by Gasteiger charge is -2.34. The Kier molecular flexibility index (Phi) is 6.38. The van der Waals surface area contributed by atoms with Gasteiger partial charge in [0.05, 0.1) is 15.1 Å². The summed E-state index contributed by atoms with van der Waals surface area (Å²) in [6.07, 6.45) is 1.99. The first kappa shape index (κ1) is 22.9. The monoisotopic (exact) mass is 471 g/mol. The third-order valence-corrected chi connectivity index (χ3v) is 8.99. The van der Waals surface area contributed by atoms with Crippen molar-refractivity contribution >= 4 is 37.5 Å². The Morgan fingerprint density at radius 2 is 1.75 bits per heavy atom. The van der Waals surface area contributed by atoms with Crippen molar-refractivity contribution in [3.63, 3.8) is 0 Å². The highest BCUT2D eigenvalue weighted by Crippen LogP contribution is 2.27. The van der Waals surface area contributed by atoms with Gasteiger partial charge in [0.2, 0.25) is 10.0 Å². The number of thiazole rings is 1. The van der Waals surface area contributed by atoms with E-state index in [4.69, 9.17) is 0 Å². The molecule has 1 aromatic heterocycles. The summed E-state index contributed by atoms with van der Waals surface area (Å²) in [5.74, 6) is 0.291. The fourth-order valence-corrected chi connectivity index (χ4v) is 7.14. The Bertz CT molecular complexity index is 1310. The van der Waals surface area contributed by atoms with E-state index >= 15 is 0 Å². The van der Waals surface area contributed by atoms with Crippen LogP contribution in [0.5, 0.6) is 0 Å². The molecule has 3 aromatic rings. The molecule has 0 aliphatic carbocycles. The van der Waals surface area contributed by atoms with E-state index in [1.54, 1.807) is 16.4 Å². The van der Waals surface area contributed by atoms with Crippen LogP contribution in [0.25, 0.3) is 10.2 Å². The molecule has 1 amide bonds. The smallest absolute Gasteiger partial charge is 0.279 e. The number of rotatable bonds is 4. The minimum absolute atomic E-state index is 0.217. The Morgan fingerprint density at radius 3 is 2.38 bits per heavy atom. The second kappa shape index (κ2) is 8.92. The molecule has 170 valence electrons. The molecular weight excluding hydrogens is 442 g/mol. The Labute approximate surface area is 193 Å². The van der Waals surface area contributed by atoms with Gasteiger partial charge in [-0.15, -0.1) is 0 Å². The van der Waals surface area contributed by atoms with Crippen molar-refractivity contribution in [2.24, 2.45) is 23.9 Å². The molecule has 1 fully saturated rings. The van der Waals surface area contributed by atoms with Gasteiger partial charge in [0.15, 0.2) is 4.80 Å². The second-order valence-corrected chi connectivity index (χ2v) is 11.8. The van der Waals surface area contributed by atoms with Gasteiger partial charge in [0.25, 0.3) is 5.91 Å². The van der Waals surface area contributed by atoms with Crippen LogP contribution in [-0.4, -0.2) is 36.3 Å². The Balaban J connectivity index is 1.60. The van der Waals surface area contributed by atoms with Gasteiger partial charge >= 0.3 is 0 Å². The first-order valence-corrected chi connectivity index (χ1v) is 13.2. The average Bonchev–Trinajstić information content (AvgIpc) is 3.07. The van der Waals surface area contributed by atoms with Crippen LogP contribution in [0.4, 0.5) is 0 Å². The van der Waals surface area contributed by atoms with Crippen LogP contribution in [0.1, 0.15) is 43.1 Å². The normalized spacial score (nSPS) is 20.7. The molecule has 4 rings (SSSR count). The Hall–Kier alpha value is -2.29. The quantitative estimate of drug-likeness (QED) is 0.572. The summed E-state index contributed by atoms with van der Waals surface area (Å²) in [6.45, 7) is 7.34. The molecule has 1 aliphatic rings. The van der Waals surface area contributed by atoms with Gasteiger partial charge < -0.3 is 4.57 Å². The minimum atomic E-state index is -3.57. The predicted octanol–water partition coefficient (Wildman–Crippen LogP) is 4.21. The zero-order chi connectivity index (χ0) is 23.0. The highest BCUT2D eigenvalue weighted by atomic mass is 32.2. The summed E-state index contributed by atoms with van der Waals surface area (Å²) >= 11 is 1.48. The molecule has 8 heteroatoms. The number of benzene rings is 2. The molecule has 0 radical (unpaired) electrons. The van der Waals surface area contributed by atoms with E-state index in [2.05, 4.69) is 44.0 Å². The van der Waals surface area contributed by atoms with Crippen molar-refractivity contribution < 1.29 is 13.2 Å². The minimum Gasteiger partial charge on any atom is -0.319 e. The molecule has 6 nitrogen and oxygen atoms in total. The molecule has 2 heterocycles. The van der Waals surface area contributed by atoms with Crippen LogP contribution in [0.15, 0.2) is 52.4 Å². The molecule has 2 aromatic carbocycles. The van der Waals surface area contributed by atoms with Crippen molar-refractivity contribution in [2.75, 3.05) is 13.1 Å². The van der Waals surface area contributed by atoms with E-state index in [0.717, 1.165) is 23.1 Å². The Morgan fingerprint density at radius 1 is 1.09 bits per heavy atom. The van der Waals surface area contributed by atoms with Crippen LogP contribution in [0.2, 0.25) is 0 Å². The topological polar surface area (TPSA) is 71.7 Å². The predicted molar refractivity (Wildman–Crippen MR) is 128 cm³/mol. The number of sulfonamides is 1. The van der Waals surface area contributed by atoms with Crippen molar-refractivity contribution in [3.05, 3.63) is 58.4 Å². The fraction of sp³-hybridized carbons (Fsp3) is 0.417. The zero-order valence-electron chi connectivity index (χ0n) is 18.9. The average molecular weight is 472 g/mol. The number of aromatic nitrogens is 1. The van der Waals surface area contributed by atoms with Gasteiger partial charge in [-0.3, -0.25) is 4.79 Å². The number of nitrogens with zero attached hydrogens (tertiary/aromatic N) is 3. The van der Waals surface area contributed by atoms with Crippen LogP contribution in [0.3, 0.4) is 0 Å². The first-order valence-electron chi connectivity index (χ1n) is 11.0. The standard InChI is InChI=1S/C24H29N3O3S2/c1-5-18-6-11-21-22(13-18)31-24(26(21)4)25-23(28)19-7-9-20(10-8-19)32(29,30)27-14-16(2)12-17(3)15-27/h6-11,13,16-17H,5,12,14-15H2,1-4H3. The number of fused-ring (bicyclic) bond motifs is 1. The molecule has 0 saturated carbocycles. The molecule has 2 unspecified atom stereocenters. The van der Waals surface area contributed by atoms with Crippen LogP contribution >= 0.6 is 11.3 Å². The van der Waals surface area contributed by atoms with Crippen LogP contribution in [0, 0.1) is 11.8 Å². The largest absolute Gasteiger partial charge is 0.319 e. The summed E-state index contributed by atoms with van der Waals surface area (Å²) in [7, 11) is -1.67. The molecule has 2 atom stereocenters. The number of hydrogen-bond donors (Lipinski definition) is 0. The molecule has 0 bridgehead atoms. The van der Waals surface area contributed by atoms with E-state index in [1.807, 2.05) is 11.6 Å². The molecule has 1 aliphatic heterocycles. The van der Waals surface area contributed by atoms with Crippen LogP contribution < -0.4 is 4.80 Å². The molecule has 0 spiro atoms. The number of carbonyl (C=O) groups is 1. The van der Waals surface area contributed by atoms with Gasteiger partial charge in [-0.1, -0.05) is 38.2 Å². The zero-order valence-corrected chi connectivity index (χ0v) is 20.5. The number of hydrogen-bond acceptors (Lipinski definition) is 4. The summed E-state index contributed by atoms with van der Waals surface area (Å²) in [5, 5.41) is 0. The molecule has 0 N–H and O–H groups in total. The van der Waals surface area contributed by atoms with Crippen molar-refractivity contribution in [3.8, 4) is 0 Å². The lowest BCUT2D eigenvalue weighted by atomic mass is 9.94. The number of amides is 1. The van der Waals surface area contributed by atoms with Gasteiger partial charge in [-0.25, -0.2) is 8.42 Å². The van der Waals surface area contributed by atoms with E-state index in [1.165, 1.54) is 29.0 Å². The third kappa shape index (κ3) is 4.44. The van der Waals surface area contributed by atoms with E-state index < -0.39 is 10.0 Å². The summed E-state index contributed by atoms with van der Waals surface area (Å²) < 4.78 is 30.7. The highest BCUT2D eigenvalue weighted by Gasteiger charge is 2.31. The van der Waals surface area contributed by atoms with E-state index in [0.29, 0.717) is 35.3 Å². The van der Waals surface area contributed by atoms with Crippen molar-refractivity contribution in [2.45, 2.75) is 38.5 Å². The summed E-state index contributed by atoms with van der Waals surface area (Å²) in [4.78, 5) is 17.9. The van der Waals surface area contributed by atoms with Gasteiger partial charge in [-0.2, -0.15) is 9.30 Å². The SMILES string of the molecule is CCc1ccc2c(c1)sc(=NC(=O)c1ccc(S(=O)(=O)N3CC(C)CC(C)C3)cc1)n2C. The van der Waals surface area contributed by atoms with E-state index in [-0.39, 0.29) is 10.8 Å². The lowest BCUT2D eigenvalue weighted by Crippen LogP contribution is -2.42. The van der Waals surface area contributed by atoms with Gasteiger partial charge in [-0.05, 0) is 66.6 Å². The maximum absolute atomic E-state index is 13.1. The molecular formula is C24H29N3O3S2. The third-order valence-electron chi connectivity index (χ3n) is 6.05. The summed E-state index contributed by atoms with van der Waals surface area (Å²) in [5.41, 5.74) is 2.65. The second-order valence-electron chi connectivity index (χ2n) is 8.81. The number of aryl methyl sites for hydroxylation is 2. The number of carbonyl (C=O) groups excluding carboxylic acids is 1. The van der Waals surface area contributed by atoms with Gasteiger partial charge in [0, 0.05) is 25.7 Å². The first-order chi connectivity index (χ1) is 15.2. The molecule has 1 saturated heterocycles. The molecule has 32 heavy (non-hydrogen) atoms. The van der Waals surface area contributed by atoms with E-state index in [9.17, 15) is 13.2 Å². The summed E-state index contributed by atoms with van der Waals surface area (Å²) in [6, 6.07) is 12.4. The van der Waals surface area contributed by atoms with Crippen molar-refractivity contribution in [1.29, 1.82) is 0 Å². The maximum atomic E-state index is 13.1. The maximum Gasteiger partial charge on any atom is 0.279 e.